The molecule has 2 aromatic carbocycles. The maximum absolute atomic E-state index is 13.7. The molecule has 10 nitrogen and oxygen atoms in total. The Morgan fingerprint density at radius 3 is 2.30 bits per heavy atom. The molecule has 2 rings (SSSR count). The normalized spacial score (nSPS) is 12.9. The number of amides is 2. The fourth-order valence-electron chi connectivity index (χ4n) is 3.57. The Morgan fingerprint density at radius 2 is 1.76 bits per heavy atom. The third-order valence-corrected chi connectivity index (χ3v) is 7.61. The van der Waals surface area contributed by atoms with E-state index in [1.807, 2.05) is 13.8 Å². The lowest BCUT2D eigenvalue weighted by molar-refractivity contribution is -0.384. The van der Waals surface area contributed by atoms with E-state index in [0.29, 0.717) is 17.0 Å². The molecular weight excluding hydrogens is 543 g/mol. The van der Waals surface area contributed by atoms with E-state index in [1.165, 1.54) is 23.1 Å². The van der Waals surface area contributed by atoms with Crippen LogP contribution in [-0.2, 0) is 26.2 Å². The van der Waals surface area contributed by atoms with Crippen LogP contribution in [0.1, 0.15) is 39.2 Å². The minimum absolute atomic E-state index is 0.0448. The van der Waals surface area contributed by atoms with Crippen LogP contribution in [0.25, 0.3) is 0 Å². The fourth-order valence-corrected chi connectivity index (χ4v) is 4.73. The van der Waals surface area contributed by atoms with Gasteiger partial charge in [0.25, 0.3) is 5.69 Å². The van der Waals surface area contributed by atoms with Crippen LogP contribution in [0.2, 0.25) is 10.0 Å². The van der Waals surface area contributed by atoms with Crippen LogP contribution in [0.5, 0.6) is 0 Å². The number of hydrogen-bond acceptors (Lipinski definition) is 6. The summed E-state index contributed by atoms with van der Waals surface area (Å²) in [6.07, 6.45) is 1.83. The van der Waals surface area contributed by atoms with Crippen molar-refractivity contribution >= 4 is 56.4 Å². The zero-order chi connectivity index (χ0) is 27.9. The molecule has 1 N–H and O–H groups in total. The second-order valence-electron chi connectivity index (χ2n) is 8.56. The van der Waals surface area contributed by atoms with E-state index in [2.05, 4.69) is 5.32 Å². The number of halogens is 2. The largest absolute Gasteiger partial charge is 0.352 e. The van der Waals surface area contributed by atoms with Crippen molar-refractivity contribution in [2.45, 2.75) is 52.2 Å². The van der Waals surface area contributed by atoms with E-state index in [0.717, 1.165) is 16.6 Å². The summed E-state index contributed by atoms with van der Waals surface area (Å²) in [7, 11) is -4.03. The van der Waals surface area contributed by atoms with E-state index < -0.39 is 33.4 Å². The van der Waals surface area contributed by atoms with Crippen molar-refractivity contribution in [2.75, 3.05) is 17.1 Å². The molecule has 0 bridgehead atoms. The molecule has 0 aliphatic rings. The van der Waals surface area contributed by atoms with Gasteiger partial charge in [0.15, 0.2) is 0 Å². The summed E-state index contributed by atoms with van der Waals surface area (Å²) in [5, 5.41) is 14.7. The summed E-state index contributed by atoms with van der Waals surface area (Å²) in [6.45, 7) is 4.77. The third-order valence-electron chi connectivity index (χ3n) is 5.73. The van der Waals surface area contributed by atoms with Gasteiger partial charge in [0, 0.05) is 24.7 Å². The lowest BCUT2D eigenvalue weighted by atomic mass is 10.1. The predicted octanol–water partition coefficient (Wildman–Crippen LogP) is 4.39. The van der Waals surface area contributed by atoms with Gasteiger partial charge in [-0.1, -0.05) is 49.2 Å². The van der Waals surface area contributed by atoms with Gasteiger partial charge in [0.1, 0.15) is 12.6 Å². The van der Waals surface area contributed by atoms with Crippen LogP contribution in [0.15, 0.2) is 42.5 Å². The highest BCUT2D eigenvalue weighted by Gasteiger charge is 2.32. The lowest BCUT2D eigenvalue weighted by Crippen LogP contribution is -2.53. The molecule has 13 heteroatoms. The van der Waals surface area contributed by atoms with Crippen molar-refractivity contribution in [3.63, 3.8) is 0 Å². The Bertz CT molecular complexity index is 1260. The molecule has 0 aliphatic carbocycles. The Hall–Kier alpha value is -2.89. The van der Waals surface area contributed by atoms with Crippen LogP contribution in [-0.4, -0.2) is 54.9 Å². The van der Waals surface area contributed by atoms with Crippen molar-refractivity contribution in [2.24, 2.45) is 0 Å². The number of rotatable bonds is 12. The second kappa shape index (κ2) is 13.1. The van der Waals surface area contributed by atoms with E-state index in [4.69, 9.17) is 23.2 Å². The van der Waals surface area contributed by atoms with E-state index in [9.17, 15) is 28.1 Å². The number of nitro benzene ring substituents is 1. The Morgan fingerprint density at radius 1 is 1.08 bits per heavy atom. The maximum Gasteiger partial charge on any atom is 0.271 e. The van der Waals surface area contributed by atoms with Crippen molar-refractivity contribution in [3.8, 4) is 0 Å². The average molecular weight is 573 g/mol. The Kier molecular flexibility index (Phi) is 10.7. The van der Waals surface area contributed by atoms with Gasteiger partial charge in [0.05, 0.1) is 26.9 Å². The topological polar surface area (TPSA) is 130 Å². The standard InChI is InChI=1S/C24H30Cl2N4O6S/c1-5-16(3)27-24(32)22(6-2)28(14-17-10-11-20(25)21(26)12-17)23(31)15-29(37(4,35)36)18-8-7-9-19(13-18)30(33)34/h7-13,16,22H,5-6,14-15H2,1-4H3,(H,27,32)/t16-,22-/m0/s1. The smallest absolute Gasteiger partial charge is 0.271 e. The average Bonchev–Trinajstić information content (AvgIpc) is 2.83. The first-order valence-corrected chi connectivity index (χ1v) is 14.1. The number of benzene rings is 2. The van der Waals surface area contributed by atoms with Gasteiger partial charge >= 0.3 is 0 Å². The number of non-ortho nitro benzene ring substituents is 1. The quantitative estimate of drug-likeness (QED) is 0.296. The van der Waals surface area contributed by atoms with Gasteiger partial charge in [-0.25, -0.2) is 8.42 Å². The van der Waals surface area contributed by atoms with Crippen LogP contribution in [0.3, 0.4) is 0 Å². The molecule has 0 radical (unpaired) electrons. The molecular formula is C24H30Cl2N4O6S. The molecule has 0 spiro atoms. The first-order chi connectivity index (χ1) is 17.3. The fraction of sp³-hybridized carbons (Fsp3) is 0.417. The molecule has 0 saturated carbocycles. The van der Waals surface area contributed by atoms with E-state index >= 15 is 0 Å². The summed E-state index contributed by atoms with van der Waals surface area (Å²) in [4.78, 5) is 38.6. The molecule has 0 fully saturated rings. The number of anilines is 1. The molecule has 2 aromatic rings. The van der Waals surface area contributed by atoms with Gasteiger partial charge < -0.3 is 10.2 Å². The third kappa shape index (κ3) is 8.31. The number of hydrogen-bond donors (Lipinski definition) is 1. The summed E-state index contributed by atoms with van der Waals surface area (Å²) >= 11 is 12.2. The molecule has 0 heterocycles. The zero-order valence-electron chi connectivity index (χ0n) is 21.0. The minimum Gasteiger partial charge on any atom is -0.352 e. The van der Waals surface area contributed by atoms with Gasteiger partial charge in [0.2, 0.25) is 21.8 Å². The number of carbonyl (C=O) groups is 2. The molecule has 0 aromatic heterocycles. The first-order valence-electron chi connectivity index (χ1n) is 11.5. The first kappa shape index (κ1) is 30.3. The predicted molar refractivity (Wildman–Crippen MR) is 144 cm³/mol. The molecule has 0 saturated heterocycles. The minimum atomic E-state index is -4.03. The number of nitrogens with zero attached hydrogens (tertiary/aromatic N) is 3. The van der Waals surface area contributed by atoms with Crippen LogP contribution in [0, 0.1) is 10.1 Å². The summed E-state index contributed by atoms with van der Waals surface area (Å²) in [5.74, 6) is -1.05. The van der Waals surface area contributed by atoms with Gasteiger partial charge in [-0.2, -0.15) is 0 Å². The number of carbonyl (C=O) groups excluding carboxylic acids is 2. The van der Waals surface area contributed by atoms with Crippen LogP contribution >= 0.6 is 23.2 Å². The van der Waals surface area contributed by atoms with E-state index in [-0.39, 0.29) is 41.3 Å². The summed E-state index contributed by atoms with van der Waals surface area (Å²) in [5.41, 5.74) is 0.209. The maximum atomic E-state index is 13.7. The Balaban J connectivity index is 2.50. The van der Waals surface area contributed by atoms with Crippen molar-refractivity contribution in [1.82, 2.24) is 10.2 Å². The SMILES string of the molecule is CC[C@H](C)NC(=O)[C@H](CC)N(Cc1ccc(Cl)c(Cl)c1)C(=O)CN(c1cccc([N+](=O)[O-])c1)S(C)(=O)=O. The number of nitrogens with one attached hydrogen (secondary N) is 1. The highest BCUT2D eigenvalue weighted by molar-refractivity contribution is 7.92. The molecule has 2 atom stereocenters. The van der Waals surface area contributed by atoms with Crippen molar-refractivity contribution in [1.29, 1.82) is 0 Å². The van der Waals surface area contributed by atoms with Crippen molar-refractivity contribution in [3.05, 3.63) is 68.2 Å². The van der Waals surface area contributed by atoms with Crippen LogP contribution in [0.4, 0.5) is 11.4 Å². The van der Waals surface area contributed by atoms with Crippen LogP contribution < -0.4 is 9.62 Å². The highest BCUT2D eigenvalue weighted by atomic mass is 35.5. The zero-order valence-corrected chi connectivity index (χ0v) is 23.3. The van der Waals surface area contributed by atoms with Gasteiger partial charge in [-0.05, 0) is 43.5 Å². The Labute approximate surface area is 226 Å². The number of sulfonamides is 1. The lowest BCUT2D eigenvalue weighted by Gasteiger charge is -2.33. The monoisotopic (exact) mass is 572 g/mol. The summed E-state index contributed by atoms with van der Waals surface area (Å²) < 4.78 is 26.1. The molecule has 2 amide bonds. The van der Waals surface area contributed by atoms with E-state index in [1.54, 1.807) is 25.1 Å². The van der Waals surface area contributed by atoms with Gasteiger partial charge in [-0.15, -0.1) is 0 Å². The highest BCUT2D eigenvalue weighted by Crippen LogP contribution is 2.26. The molecule has 202 valence electrons. The molecule has 0 unspecified atom stereocenters. The van der Waals surface area contributed by atoms with Crippen molar-refractivity contribution < 1.29 is 22.9 Å². The number of nitro groups is 1. The molecule has 37 heavy (non-hydrogen) atoms. The molecule has 0 aliphatic heterocycles. The summed E-state index contributed by atoms with van der Waals surface area (Å²) in [6, 6.07) is 8.72. The van der Waals surface area contributed by atoms with Gasteiger partial charge in [-0.3, -0.25) is 24.0 Å². The second-order valence-corrected chi connectivity index (χ2v) is 11.3.